The average Bonchev–Trinajstić information content (AvgIpc) is 3.27. The number of alkyl halides is 3. The smallest absolute Gasteiger partial charge is 0.351 e. The van der Waals surface area contributed by atoms with Gasteiger partial charge >= 0.3 is 6.18 Å². The zero-order valence-corrected chi connectivity index (χ0v) is 20.0. The minimum atomic E-state index is -4.32. The molecule has 0 spiro atoms. The highest BCUT2D eigenvalue weighted by molar-refractivity contribution is 5.89. The Morgan fingerprint density at radius 3 is 2.33 bits per heavy atom. The lowest BCUT2D eigenvalue weighted by molar-refractivity contribution is -0.137. The van der Waals surface area contributed by atoms with Crippen LogP contribution in [0.3, 0.4) is 0 Å². The van der Waals surface area contributed by atoms with Crippen LogP contribution in [0.15, 0.2) is 24.3 Å². The zero-order chi connectivity index (χ0) is 24.4. The summed E-state index contributed by atoms with van der Waals surface area (Å²) < 4.78 is 38.4. The molecule has 1 aromatic rings. The summed E-state index contributed by atoms with van der Waals surface area (Å²) in [6.07, 6.45) is -1.00. The number of amides is 2. The Hall–Kier alpha value is -2.09. The third-order valence-corrected chi connectivity index (χ3v) is 6.83. The van der Waals surface area contributed by atoms with Crippen molar-refractivity contribution in [3.8, 4) is 0 Å². The fourth-order valence-corrected chi connectivity index (χ4v) is 4.94. The number of hydrogen-bond acceptors (Lipinski definition) is 3. The summed E-state index contributed by atoms with van der Waals surface area (Å²) in [5, 5.41) is 6.10. The van der Waals surface area contributed by atoms with Crippen LogP contribution in [0.1, 0.15) is 64.5 Å². The molecule has 184 valence electrons. The summed E-state index contributed by atoms with van der Waals surface area (Å²) in [4.78, 5) is 27.7. The average molecular weight is 468 g/mol. The molecule has 0 radical (unpaired) electrons. The molecule has 3 rings (SSSR count). The zero-order valence-electron chi connectivity index (χ0n) is 20.0. The second-order valence-electron chi connectivity index (χ2n) is 10.6. The summed E-state index contributed by atoms with van der Waals surface area (Å²) in [7, 11) is 0. The first-order valence-corrected chi connectivity index (χ1v) is 11.9. The molecule has 0 bridgehead atoms. The Morgan fingerprint density at radius 2 is 1.76 bits per heavy atom. The predicted molar refractivity (Wildman–Crippen MR) is 121 cm³/mol. The highest BCUT2D eigenvalue weighted by Crippen LogP contribution is 2.39. The van der Waals surface area contributed by atoms with Crippen LogP contribution < -0.4 is 10.6 Å². The Kier molecular flexibility index (Phi) is 7.76. The number of hydrogen-bond donors (Lipinski definition) is 2. The number of likely N-dealkylation sites (tertiary alicyclic amines) is 1. The SMILES string of the molecule is CCC[C@H](NC(=O)C(C)(C)C)C(=O)N[C@H]1CC[C@@H]2CN(Cc3ccc(C(F)(F)F)cc3)C[C@@H]21. The van der Waals surface area contributed by atoms with E-state index >= 15 is 0 Å². The summed E-state index contributed by atoms with van der Waals surface area (Å²) >= 11 is 0. The van der Waals surface area contributed by atoms with Gasteiger partial charge < -0.3 is 10.6 Å². The van der Waals surface area contributed by atoms with Crippen molar-refractivity contribution in [3.63, 3.8) is 0 Å². The van der Waals surface area contributed by atoms with Crippen molar-refractivity contribution in [2.45, 2.75) is 78.2 Å². The van der Waals surface area contributed by atoms with E-state index in [-0.39, 0.29) is 17.9 Å². The van der Waals surface area contributed by atoms with E-state index in [1.807, 2.05) is 27.7 Å². The number of nitrogens with zero attached hydrogens (tertiary/aromatic N) is 1. The maximum absolute atomic E-state index is 13.0. The van der Waals surface area contributed by atoms with Crippen molar-refractivity contribution in [2.75, 3.05) is 13.1 Å². The van der Waals surface area contributed by atoms with Gasteiger partial charge in [0.2, 0.25) is 11.8 Å². The highest BCUT2D eigenvalue weighted by Gasteiger charge is 2.43. The van der Waals surface area contributed by atoms with Crippen LogP contribution in [0.25, 0.3) is 0 Å². The lowest BCUT2D eigenvalue weighted by atomic mass is 9.94. The predicted octanol–water partition coefficient (Wildman–Crippen LogP) is 4.36. The van der Waals surface area contributed by atoms with E-state index in [9.17, 15) is 22.8 Å². The molecule has 1 saturated heterocycles. The van der Waals surface area contributed by atoms with Crippen LogP contribution in [-0.2, 0) is 22.3 Å². The molecule has 2 N–H and O–H groups in total. The minimum absolute atomic E-state index is 0.0611. The van der Waals surface area contributed by atoms with Gasteiger partial charge in [0.15, 0.2) is 0 Å². The highest BCUT2D eigenvalue weighted by atomic mass is 19.4. The van der Waals surface area contributed by atoms with Crippen LogP contribution in [0.5, 0.6) is 0 Å². The first kappa shape index (κ1) is 25.5. The molecule has 1 saturated carbocycles. The van der Waals surface area contributed by atoms with E-state index in [4.69, 9.17) is 0 Å². The lowest BCUT2D eigenvalue weighted by Crippen LogP contribution is -2.52. The first-order valence-electron chi connectivity index (χ1n) is 11.9. The molecule has 0 aromatic heterocycles. The third-order valence-electron chi connectivity index (χ3n) is 6.83. The largest absolute Gasteiger partial charge is 0.416 e. The van der Waals surface area contributed by atoms with Crippen molar-refractivity contribution in [3.05, 3.63) is 35.4 Å². The van der Waals surface area contributed by atoms with Crippen molar-refractivity contribution in [2.24, 2.45) is 17.3 Å². The maximum atomic E-state index is 13.0. The molecule has 5 nitrogen and oxygen atoms in total. The van der Waals surface area contributed by atoms with Gasteiger partial charge in [-0.1, -0.05) is 46.2 Å². The second kappa shape index (κ2) is 10.0. The Bertz CT molecular complexity index is 833. The Labute approximate surface area is 194 Å². The number of carbonyl (C=O) groups is 2. The van der Waals surface area contributed by atoms with Gasteiger partial charge in [-0.25, -0.2) is 0 Å². The third kappa shape index (κ3) is 6.49. The molecule has 2 aliphatic rings. The summed E-state index contributed by atoms with van der Waals surface area (Å²) in [5.41, 5.74) is -0.335. The van der Waals surface area contributed by atoms with Crippen LogP contribution in [0, 0.1) is 17.3 Å². The molecule has 33 heavy (non-hydrogen) atoms. The number of fused-ring (bicyclic) bond motifs is 1. The van der Waals surface area contributed by atoms with Gasteiger partial charge in [-0.05, 0) is 48.8 Å². The quantitative estimate of drug-likeness (QED) is 0.626. The van der Waals surface area contributed by atoms with Gasteiger partial charge in [-0.15, -0.1) is 0 Å². The van der Waals surface area contributed by atoms with Crippen molar-refractivity contribution in [1.82, 2.24) is 15.5 Å². The van der Waals surface area contributed by atoms with E-state index in [1.54, 1.807) is 12.1 Å². The lowest BCUT2D eigenvalue weighted by Gasteiger charge is -2.27. The first-order chi connectivity index (χ1) is 15.4. The molecule has 1 heterocycles. The van der Waals surface area contributed by atoms with Crippen molar-refractivity contribution < 1.29 is 22.8 Å². The summed E-state index contributed by atoms with van der Waals surface area (Å²) in [6, 6.07) is 4.88. The topological polar surface area (TPSA) is 61.4 Å². The Balaban J connectivity index is 1.56. The van der Waals surface area contributed by atoms with E-state index in [0.29, 0.717) is 24.8 Å². The van der Waals surface area contributed by atoms with Gasteiger partial charge in [0.1, 0.15) is 6.04 Å². The monoisotopic (exact) mass is 467 g/mol. The normalized spacial score (nSPS) is 24.4. The fourth-order valence-electron chi connectivity index (χ4n) is 4.94. The van der Waals surface area contributed by atoms with Gasteiger partial charge in [0.25, 0.3) is 0 Å². The van der Waals surface area contributed by atoms with Gasteiger partial charge in [0.05, 0.1) is 5.56 Å². The van der Waals surface area contributed by atoms with Crippen molar-refractivity contribution >= 4 is 11.8 Å². The van der Waals surface area contributed by atoms with Crippen LogP contribution in [-0.4, -0.2) is 41.9 Å². The molecule has 8 heteroatoms. The number of nitrogens with one attached hydrogen (secondary N) is 2. The molecule has 4 atom stereocenters. The van der Waals surface area contributed by atoms with E-state index < -0.39 is 23.2 Å². The standard InChI is InChI=1S/C25H36F3N3O2/c1-5-6-21(30-23(33)24(2,3)4)22(32)29-20-12-9-17-14-31(15-19(17)20)13-16-7-10-18(11-8-16)25(26,27)28/h7-8,10-11,17,19-21H,5-6,9,12-15H2,1-4H3,(H,29,32)(H,30,33)/t17-,19+,20+,21+/m1/s1. The second-order valence-corrected chi connectivity index (χ2v) is 10.6. The maximum Gasteiger partial charge on any atom is 0.416 e. The molecular formula is C25H36F3N3O2. The number of benzene rings is 1. The van der Waals surface area contributed by atoms with E-state index in [0.717, 1.165) is 50.0 Å². The molecule has 1 aromatic carbocycles. The van der Waals surface area contributed by atoms with Gasteiger partial charge in [-0.2, -0.15) is 13.2 Å². The summed E-state index contributed by atoms with van der Waals surface area (Å²) in [6.45, 7) is 9.77. The summed E-state index contributed by atoms with van der Waals surface area (Å²) in [5.74, 6) is 0.535. The van der Waals surface area contributed by atoms with E-state index in [2.05, 4.69) is 15.5 Å². The van der Waals surface area contributed by atoms with Gasteiger partial charge in [-0.3, -0.25) is 14.5 Å². The Morgan fingerprint density at radius 1 is 1.09 bits per heavy atom. The fraction of sp³-hybridized carbons (Fsp3) is 0.680. The molecule has 2 amide bonds. The molecule has 0 unspecified atom stereocenters. The minimum Gasteiger partial charge on any atom is -0.351 e. The van der Waals surface area contributed by atoms with Gasteiger partial charge in [0, 0.05) is 31.1 Å². The van der Waals surface area contributed by atoms with Crippen molar-refractivity contribution in [1.29, 1.82) is 0 Å². The molecule has 2 fully saturated rings. The number of carbonyl (C=O) groups excluding carboxylic acids is 2. The number of rotatable bonds is 7. The van der Waals surface area contributed by atoms with Crippen LogP contribution in [0.2, 0.25) is 0 Å². The molecular weight excluding hydrogens is 431 g/mol. The van der Waals surface area contributed by atoms with Crippen LogP contribution in [0.4, 0.5) is 13.2 Å². The molecule has 1 aliphatic heterocycles. The van der Waals surface area contributed by atoms with Crippen LogP contribution >= 0.6 is 0 Å². The molecule has 1 aliphatic carbocycles. The van der Waals surface area contributed by atoms with E-state index in [1.165, 1.54) is 0 Å². The number of halogens is 3.